The smallest absolute Gasteiger partial charge is 0.234 e. The van der Waals surface area contributed by atoms with Gasteiger partial charge in [-0.05, 0) is 18.9 Å². The van der Waals surface area contributed by atoms with Crippen molar-refractivity contribution in [2.24, 2.45) is 0 Å². The maximum Gasteiger partial charge on any atom is 0.234 e. The summed E-state index contributed by atoms with van der Waals surface area (Å²) in [6.07, 6.45) is 2.67. The highest BCUT2D eigenvalue weighted by atomic mass is 16.5. The van der Waals surface area contributed by atoms with E-state index in [2.05, 4.69) is 15.6 Å². The molecule has 0 aliphatic rings. The van der Waals surface area contributed by atoms with Crippen molar-refractivity contribution < 1.29 is 9.53 Å². The molecule has 0 aliphatic carbocycles. The molecular weight excluding hydrogens is 230 g/mol. The first kappa shape index (κ1) is 14.4. The molecule has 1 aromatic heterocycles. The number of nitrogens with zero attached hydrogens (tertiary/aromatic N) is 1. The van der Waals surface area contributed by atoms with Crippen LogP contribution in [0, 0.1) is 0 Å². The molecule has 0 aliphatic heterocycles. The summed E-state index contributed by atoms with van der Waals surface area (Å²) in [6.45, 7) is 4.97. The van der Waals surface area contributed by atoms with E-state index in [0.29, 0.717) is 19.0 Å². The van der Waals surface area contributed by atoms with Gasteiger partial charge < -0.3 is 15.4 Å². The molecule has 0 bridgehead atoms. The number of nitrogens with one attached hydrogen (secondary N) is 2. The Balaban J connectivity index is 2.26. The normalized spacial score (nSPS) is 11.9. The predicted octanol–water partition coefficient (Wildman–Crippen LogP) is 1.09. The second-order valence-electron chi connectivity index (χ2n) is 4.19. The van der Waals surface area contributed by atoms with Gasteiger partial charge in [0, 0.05) is 24.8 Å². The van der Waals surface area contributed by atoms with Gasteiger partial charge in [-0.3, -0.25) is 4.79 Å². The number of hydrogen-bond acceptors (Lipinski definition) is 4. The molecule has 1 atom stereocenters. The van der Waals surface area contributed by atoms with Gasteiger partial charge in [-0.25, -0.2) is 4.98 Å². The van der Waals surface area contributed by atoms with Crippen LogP contribution in [0.25, 0.3) is 0 Å². The number of carbonyl (C=O) groups is 1. The van der Waals surface area contributed by atoms with E-state index in [-0.39, 0.29) is 11.9 Å². The fourth-order valence-corrected chi connectivity index (χ4v) is 1.38. The van der Waals surface area contributed by atoms with Crippen molar-refractivity contribution in [3.05, 3.63) is 23.9 Å². The maximum atomic E-state index is 11.5. The zero-order chi connectivity index (χ0) is 13.4. The van der Waals surface area contributed by atoms with Gasteiger partial charge in [-0.1, -0.05) is 13.0 Å². The molecule has 5 nitrogen and oxygen atoms in total. The van der Waals surface area contributed by atoms with E-state index < -0.39 is 0 Å². The van der Waals surface area contributed by atoms with Gasteiger partial charge in [-0.2, -0.15) is 0 Å². The summed E-state index contributed by atoms with van der Waals surface area (Å²) < 4.78 is 4.97. The van der Waals surface area contributed by atoms with Crippen molar-refractivity contribution in [1.82, 2.24) is 15.6 Å². The largest absolute Gasteiger partial charge is 0.481 e. The Morgan fingerprint density at radius 1 is 1.50 bits per heavy atom. The van der Waals surface area contributed by atoms with Crippen LogP contribution in [0.5, 0.6) is 5.88 Å². The molecule has 0 aromatic carbocycles. The first-order chi connectivity index (χ1) is 8.65. The summed E-state index contributed by atoms with van der Waals surface area (Å²) in [5.41, 5.74) is 1.02. The highest BCUT2D eigenvalue weighted by molar-refractivity contribution is 5.78. The fourth-order valence-electron chi connectivity index (χ4n) is 1.38. The monoisotopic (exact) mass is 251 g/mol. The standard InChI is InChI=1S/C13H21N3O2/c1-4-10(2)16-12(17)9-14-7-11-5-6-13(18-3)15-8-11/h5-6,8,10,14H,4,7,9H2,1-3H3,(H,16,17). The molecule has 0 saturated carbocycles. The molecule has 0 fully saturated rings. The molecule has 5 heteroatoms. The Labute approximate surface area is 108 Å². The number of rotatable bonds is 7. The minimum Gasteiger partial charge on any atom is -0.481 e. The Morgan fingerprint density at radius 3 is 2.83 bits per heavy atom. The molecule has 1 amide bonds. The Bertz CT molecular complexity index is 365. The molecular formula is C13H21N3O2. The highest BCUT2D eigenvalue weighted by Crippen LogP contribution is 2.05. The summed E-state index contributed by atoms with van der Waals surface area (Å²) in [5.74, 6) is 0.610. The molecule has 2 N–H and O–H groups in total. The number of methoxy groups -OCH3 is 1. The zero-order valence-electron chi connectivity index (χ0n) is 11.2. The number of aromatic nitrogens is 1. The van der Waals surface area contributed by atoms with Crippen LogP contribution in [0.1, 0.15) is 25.8 Å². The molecule has 1 heterocycles. The molecule has 1 unspecified atom stereocenters. The van der Waals surface area contributed by atoms with Crippen molar-refractivity contribution >= 4 is 5.91 Å². The lowest BCUT2D eigenvalue weighted by Crippen LogP contribution is -2.38. The second-order valence-corrected chi connectivity index (χ2v) is 4.19. The maximum absolute atomic E-state index is 11.5. The molecule has 0 saturated heterocycles. The summed E-state index contributed by atoms with van der Waals surface area (Å²) >= 11 is 0. The summed E-state index contributed by atoms with van der Waals surface area (Å²) in [7, 11) is 1.58. The fraction of sp³-hybridized carbons (Fsp3) is 0.538. The van der Waals surface area contributed by atoms with Gasteiger partial charge in [0.25, 0.3) is 0 Å². The number of ether oxygens (including phenoxy) is 1. The Hall–Kier alpha value is -1.62. The molecule has 1 aromatic rings. The third kappa shape index (κ3) is 5.14. The van der Waals surface area contributed by atoms with E-state index >= 15 is 0 Å². The summed E-state index contributed by atoms with van der Waals surface area (Å²) in [4.78, 5) is 15.6. The molecule has 0 radical (unpaired) electrons. The van der Waals surface area contributed by atoms with Gasteiger partial charge in [0.1, 0.15) is 0 Å². The lowest BCUT2D eigenvalue weighted by atomic mass is 10.2. The average molecular weight is 251 g/mol. The van der Waals surface area contributed by atoms with Gasteiger partial charge in [-0.15, -0.1) is 0 Å². The van der Waals surface area contributed by atoms with Crippen molar-refractivity contribution in [3.63, 3.8) is 0 Å². The van der Waals surface area contributed by atoms with E-state index in [1.54, 1.807) is 19.4 Å². The van der Waals surface area contributed by atoms with Crippen LogP contribution >= 0.6 is 0 Å². The summed E-state index contributed by atoms with van der Waals surface area (Å²) in [5, 5.41) is 5.97. The van der Waals surface area contributed by atoms with Gasteiger partial charge in [0.15, 0.2) is 0 Å². The van der Waals surface area contributed by atoms with E-state index in [1.165, 1.54) is 0 Å². The van der Waals surface area contributed by atoms with Crippen LogP contribution in [0.3, 0.4) is 0 Å². The topological polar surface area (TPSA) is 63.2 Å². The third-order valence-corrected chi connectivity index (χ3v) is 2.64. The summed E-state index contributed by atoms with van der Waals surface area (Å²) in [6, 6.07) is 3.95. The average Bonchev–Trinajstić information content (AvgIpc) is 2.39. The predicted molar refractivity (Wildman–Crippen MR) is 70.4 cm³/mol. The van der Waals surface area contributed by atoms with Crippen molar-refractivity contribution in [3.8, 4) is 5.88 Å². The quantitative estimate of drug-likeness (QED) is 0.761. The van der Waals surface area contributed by atoms with Crippen molar-refractivity contribution in [2.75, 3.05) is 13.7 Å². The van der Waals surface area contributed by atoms with Crippen LogP contribution < -0.4 is 15.4 Å². The molecule has 1 rings (SSSR count). The van der Waals surface area contributed by atoms with E-state index in [0.717, 1.165) is 12.0 Å². The zero-order valence-corrected chi connectivity index (χ0v) is 11.2. The number of amides is 1. The number of hydrogen-bond donors (Lipinski definition) is 2. The van der Waals surface area contributed by atoms with Crippen LogP contribution in [-0.2, 0) is 11.3 Å². The highest BCUT2D eigenvalue weighted by Gasteiger charge is 2.04. The number of carbonyl (C=O) groups excluding carboxylic acids is 1. The van der Waals surface area contributed by atoms with Gasteiger partial charge in [0.05, 0.1) is 13.7 Å². The number of pyridine rings is 1. The van der Waals surface area contributed by atoms with Gasteiger partial charge in [0.2, 0.25) is 11.8 Å². The van der Waals surface area contributed by atoms with Gasteiger partial charge >= 0.3 is 0 Å². The lowest BCUT2D eigenvalue weighted by Gasteiger charge is -2.11. The van der Waals surface area contributed by atoms with Crippen molar-refractivity contribution in [2.45, 2.75) is 32.9 Å². The molecule has 0 spiro atoms. The molecule has 18 heavy (non-hydrogen) atoms. The SMILES string of the molecule is CCC(C)NC(=O)CNCc1ccc(OC)nc1. The van der Waals surface area contributed by atoms with E-state index in [1.807, 2.05) is 19.9 Å². The second kappa shape index (κ2) is 7.66. The first-order valence-electron chi connectivity index (χ1n) is 6.14. The lowest BCUT2D eigenvalue weighted by molar-refractivity contribution is -0.120. The third-order valence-electron chi connectivity index (χ3n) is 2.64. The Kier molecular flexibility index (Phi) is 6.14. The Morgan fingerprint density at radius 2 is 2.28 bits per heavy atom. The first-order valence-corrected chi connectivity index (χ1v) is 6.14. The van der Waals surface area contributed by atoms with E-state index in [4.69, 9.17) is 4.74 Å². The van der Waals surface area contributed by atoms with Crippen LogP contribution in [-0.4, -0.2) is 30.6 Å². The minimum atomic E-state index is 0.0193. The van der Waals surface area contributed by atoms with Crippen molar-refractivity contribution in [1.29, 1.82) is 0 Å². The van der Waals surface area contributed by atoms with Crippen LogP contribution in [0.2, 0.25) is 0 Å². The minimum absolute atomic E-state index is 0.0193. The molecule has 100 valence electrons. The van der Waals surface area contributed by atoms with Crippen LogP contribution in [0.15, 0.2) is 18.3 Å². The van der Waals surface area contributed by atoms with E-state index in [9.17, 15) is 4.79 Å². The van der Waals surface area contributed by atoms with Crippen LogP contribution in [0.4, 0.5) is 0 Å².